The number of halogens is 1. The molecule has 3 aliphatic heterocycles. The molecule has 3 atom stereocenters. The number of carbonyl (C=O) groups is 2. The van der Waals surface area contributed by atoms with Crippen molar-refractivity contribution in [1.29, 1.82) is 0 Å². The molecule has 3 heterocycles. The van der Waals surface area contributed by atoms with E-state index in [1.165, 1.54) is 9.96 Å². The van der Waals surface area contributed by atoms with Crippen molar-refractivity contribution < 1.29 is 19.2 Å². The van der Waals surface area contributed by atoms with Gasteiger partial charge in [-0.15, -0.1) is 11.6 Å². The highest BCUT2D eigenvalue weighted by Crippen LogP contribution is 2.45. The van der Waals surface area contributed by atoms with Crippen LogP contribution < -0.4 is 0 Å². The van der Waals surface area contributed by atoms with Gasteiger partial charge in [-0.3, -0.25) is 14.5 Å². The van der Waals surface area contributed by atoms with Gasteiger partial charge in [0, 0.05) is 0 Å². The summed E-state index contributed by atoms with van der Waals surface area (Å²) in [6.07, 6.45) is 4.53. The minimum atomic E-state index is -0.895. The van der Waals surface area contributed by atoms with Crippen LogP contribution in [0.15, 0.2) is 12.2 Å². The van der Waals surface area contributed by atoms with Crippen LogP contribution in [-0.4, -0.2) is 51.3 Å². The molecule has 6 nitrogen and oxygen atoms in total. The summed E-state index contributed by atoms with van der Waals surface area (Å²) in [7, 11) is 0. The van der Waals surface area contributed by atoms with E-state index in [-0.39, 0.29) is 5.91 Å². The molecule has 7 heteroatoms. The number of nitrogens with zero attached hydrogens (tertiary/aromatic N) is 2. The maximum absolute atomic E-state index is 12.6. The number of alkyl halides is 1. The van der Waals surface area contributed by atoms with E-state index in [4.69, 9.17) is 21.2 Å². The summed E-state index contributed by atoms with van der Waals surface area (Å²) in [5.74, 6) is -0.300. The van der Waals surface area contributed by atoms with Gasteiger partial charge in [0.2, 0.25) is 0 Å². The highest BCUT2D eigenvalue weighted by atomic mass is 35.5. The van der Waals surface area contributed by atoms with Crippen LogP contribution in [0, 0.1) is 0 Å². The van der Waals surface area contributed by atoms with Crippen molar-refractivity contribution in [2.75, 3.05) is 6.61 Å². The van der Waals surface area contributed by atoms with Crippen LogP contribution >= 0.6 is 11.6 Å². The van der Waals surface area contributed by atoms with Crippen molar-refractivity contribution in [2.45, 2.75) is 56.3 Å². The fraction of sp³-hybridized carbons (Fsp3) is 0.714. The Hall–Kier alpha value is -1.27. The molecule has 0 aromatic rings. The monoisotopic (exact) mass is 314 g/mol. The molecule has 0 aromatic carbocycles. The Labute approximate surface area is 128 Å². The number of carbonyl (C=O) groups excluding carboxylic acids is 2. The number of amides is 2. The number of fused-ring (bicyclic) bond motifs is 1. The molecule has 0 N–H and O–H groups in total. The van der Waals surface area contributed by atoms with E-state index >= 15 is 0 Å². The second kappa shape index (κ2) is 4.61. The van der Waals surface area contributed by atoms with E-state index in [9.17, 15) is 9.59 Å². The number of hydroxylamine groups is 2. The Morgan fingerprint density at radius 1 is 1.52 bits per heavy atom. The molecule has 116 valence electrons. The normalized spacial score (nSPS) is 35.0. The number of ether oxygens (including phenoxy) is 1. The van der Waals surface area contributed by atoms with Gasteiger partial charge in [0.25, 0.3) is 5.91 Å². The lowest BCUT2D eigenvalue weighted by molar-refractivity contribution is -0.268. The van der Waals surface area contributed by atoms with Gasteiger partial charge in [-0.05, 0) is 39.7 Å². The average Bonchev–Trinajstić information content (AvgIpc) is 2.70. The number of hydrogen-bond donors (Lipinski definition) is 0. The molecule has 0 aromatic heterocycles. The SMILES string of the molecule is CC(C)(C)OC(=O)N1[C@@H]2C=C[C@]13CCCON3C(=O)[C@H]2Cl. The topological polar surface area (TPSA) is 59.1 Å². The molecule has 21 heavy (non-hydrogen) atoms. The van der Waals surface area contributed by atoms with E-state index < -0.39 is 28.8 Å². The molecular weight excluding hydrogens is 296 g/mol. The van der Waals surface area contributed by atoms with E-state index in [1.54, 1.807) is 26.8 Å². The molecule has 2 saturated heterocycles. The summed E-state index contributed by atoms with van der Waals surface area (Å²) >= 11 is 6.21. The predicted octanol–water partition coefficient (Wildman–Crippen LogP) is 2.03. The van der Waals surface area contributed by atoms with Crippen LogP contribution in [0.2, 0.25) is 0 Å². The Balaban J connectivity index is 1.97. The van der Waals surface area contributed by atoms with Crippen LogP contribution in [0.1, 0.15) is 33.6 Å². The highest BCUT2D eigenvalue weighted by molar-refractivity contribution is 6.32. The molecule has 1 spiro atoms. The summed E-state index contributed by atoms with van der Waals surface area (Å²) in [5.41, 5.74) is -1.51. The zero-order valence-electron chi connectivity index (χ0n) is 12.3. The second-order valence-electron chi connectivity index (χ2n) is 6.55. The highest BCUT2D eigenvalue weighted by Gasteiger charge is 2.61. The maximum atomic E-state index is 12.6. The lowest BCUT2D eigenvalue weighted by Crippen LogP contribution is -2.72. The average molecular weight is 315 g/mol. The number of rotatable bonds is 0. The molecular formula is C14H19ClN2O4. The van der Waals surface area contributed by atoms with Gasteiger partial charge in [-0.1, -0.05) is 6.08 Å². The molecule has 2 amide bonds. The smallest absolute Gasteiger partial charge is 0.413 e. The zero-order valence-corrected chi connectivity index (χ0v) is 13.1. The van der Waals surface area contributed by atoms with Gasteiger partial charge in [0.15, 0.2) is 5.66 Å². The van der Waals surface area contributed by atoms with Crippen LogP contribution in [0.5, 0.6) is 0 Å². The Bertz CT molecular complexity index is 516. The summed E-state index contributed by atoms with van der Waals surface area (Å²) in [5, 5.41) is 0.389. The molecule has 2 bridgehead atoms. The molecule has 0 aliphatic carbocycles. The summed E-state index contributed by atoms with van der Waals surface area (Å²) in [6, 6.07) is -0.494. The quantitative estimate of drug-likeness (QED) is 0.507. The zero-order chi connectivity index (χ0) is 15.4. The first-order chi connectivity index (χ1) is 9.76. The Kier molecular flexibility index (Phi) is 3.22. The third-order valence-corrected chi connectivity index (χ3v) is 4.31. The van der Waals surface area contributed by atoms with Crippen molar-refractivity contribution >= 4 is 23.6 Å². The largest absolute Gasteiger partial charge is 0.444 e. The van der Waals surface area contributed by atoms with Crippen molar-refractivity contribution in [3.05, 3.63) is 12.2 Å². The van der Waals surface area contributed by atoms with Gasteiger partial charge < -0.3 is 4.74 Å². The third-order valence-electron chi connectivity index (χ3n) is 3.86. The fourth-order valence-electron chi connectivity index (χ4n) is 3.08. The first kappa shape index (κ1) is 14.7. The fourth-order valence-corrected chi connectivity index (χ4v) is 3.37. The van der Waals surface area contributed by atoms with Crippen molar-refractivity contribution in [2.24, 2.45) is 0 Å². The van der Waals surface area contributed by atoms with E-state index in [0.717, 1.165) is 6.42 Å². The van der Waals surface area contributed by atoms with Crippen LogP contribution in [0.4, 0.5) is 4.79 Å². The van der Waals surface area contributed by atoms with Crippen molar-refractivity contribution in [3.63, 3.8) is 0 Å². The van der Waals surface area contributed by atoms with Gasteiger partial charge in [-0.25, -0.2) is 4.79 Å². The van der Waals surface area contributed by atoms with Crippen LogP contribution in [-0.2, 0) is 14.4 Å². The summed E-state index contributed by atoms with van der Waals surface area (Å²) in [6.45, 7) is 5.86. The summed E-state index contributed by atoms with van der Waals surface area (Å²) < 4.78 is 5.48. The van der Waals surface area contributed by atoms with Crippen LogP contribution in [0.3, 0.4) is 0 Å². The lowest BCUT2D eigenvalue weighted by Gasteiger charge is -2.53. The van der Waals surface area contributed by atoms with Crippen LogP contribution in [0.25, 0.3) is 0 Å². The maximum Gasteiger partial charge on any atom is 0.413 e. The standard InChI is InChI=1S/C14H19ClN2O4/c1-13(2,3)21-12(19)16-9-5-7-14(16)6-4-8-20-17(14)11(18)10(9)15/h5,7,9-10H,4,6,8H2,1-3H3/t9-,10+,14-/m1/s1. The predicted molar refractivity (Wildman–Crippen MR) is 75.4 cm³/mol. The van der Waals surface area contributed by atoms with Crippen molar-refractivity contribution in [3.8, 4) is 0 Å². The van der Waals surface area contributed by atoms with E-state index in [1.807, 2.05) is 6.08 Å². The molecule has 2 fully saturated rings. The summed E-state index contributed by atoms with van der Waals surface area (Å²) in [4.78, 5) is 31.9. The molecule has 0 unspecified atom stereocenters. The molecule has 0 radical (unpaired) electrons. The number of hydrogen-bond acceptors (Lipinski definition) is 4. The van der Waals surface area contributed by atoms with E-state index in [2.05, 4.69) is 0 Å². The Morgan fingerprint density at radius 2 is 2.24 bits per heavy atom. The molecule has 0 saturated carbocycles. The molecule has 3 rings (SSSR count). The first-order valence-electron chi connectivity index (χ1n) is 7.09. The van der Waals surface area contributed by atoms with Gasteiger partial charge in [0.1, 0.15) is 11.0 Å². The van der Waals surface area contributed by atoms with Gasteiger partial charge >= 0.3 is 6.09 Å². The van der Waals surface area contributed by atoms with E-state index in [0.29, 0.717) is 13.0 Å². The van der Waals surface area contributed by atoms with Crippen molar-refractivity contribution in [1.82, 2.24) is 9.96 Å². The minimum absolute atomic E-state index is 0.300. The third kappa shape index (κ3) is 2.12. The second-order valence-corrected chi connectivity index (χ2v) is 7.02. The minimum Gasteiger partial charge on any atom is -0.444 e. The van der Waals surface area contributed by atoms with Gasteiger partial charge in [-0.2, -0.15) is 5.06 Å². The Morgan fingerprint density at radius 3 is 2.90 bits per heavy atom. The lowest BCUT2D eigenvalue weighted by atomic mass is 9.98. The van der Waals surface area contributed by atoms with Gasteiger partial charge in [0.05, 0.1) is 12.6 Å². The first-order valence-corrected chi connectivity index (χ1v) is 7.53. The molecule has 3 aliphatic rings.